The van der Waals surface area contributed by atoms with Crippen LogP contribution in [0.15, 0.2) is 217 Å². The number of benzene rings is 9. The minimum atomic E-state index is 0.867. The van der Waals surface area contributed by atoms with Crippen LogP contribution in [0.1, 0.15) is 0 Å². The molecule has 10 aromatic rings. The SMILES string of the molecule is c1ccc(-c2ccc(-c3ccc(N(c4ccc5c(c4)-c4ccccc4-c4ccccc4-c4ccccc4-5)c4cccc5oc6ccccc6c45)cc3)cc2)cc1. The van der Waals surface area contributed by atoms with Crippen LogP contribution in [0.2, 0.25) is 0 Å². The summed E-state index contributed by atoms with van der Waals surface area (Å²) in [5, 5.41) is 2.19. The van der Waals surface area contributed by atoms with Crippen molar-refractivity contribution in [3.63, 3.8) is 0 Å². The fourth-order valence-electron chi connectivity index (χ4n) is 8.65. The fraction of sp³-hybridized carbons (Fsp3) is 0. The standard InChI is InChI=1S/C54H35NO/c1-2-13-36(14-3-1)37-25-27-38(28-26-37)39-29-31-40(32-30-39)55(51-22-12-24-53-54(51)49-21-10-11-23-52(49)56-53)41-33-34-48-46-19-7-6-17-44(46)42-15-4-5-16-43(42)45-18-8-9-20-47(45)50(48)35-41/h1-35H. The molecule has 1 aromatic heterocycles. The zero-order valence-corrected chi connectivity index (χ0v) is 30.6. The van der Waals surface area contributed by atoms with Gasteiger partial charge in [0.2, 0.25) is 0 Å². The summed E-state index contributed by atoms with van der Waals surface area (Å²) in [4.78, 5) is 2.40. The third-order valence-electron chi connectivity index (χ3n) is 11.3. The molecule has 0 unspecified atom stereocenters. The van der Waals surface area contributed by atoms with Gasteiger partial charge < -0.3 is 9.32 Å². The lowest BCUT2D eigenvalue weighted by molar-refractivity contribution is 0.669. The van der Waals surface area contributed by atoms with E-state index in [0.29, 0.717) is 0 Å². The van der Waals surface area contributed by atoms with Crippen LogP contribution in [0.4, 0.5) is 17.1 Å². The zero-order chi connectivity index (χ0) is 37.0. The topological polar surface area (TPSA) is 16.4 Å². The summed E-state index contributed by atoms with van der Waals surface area (Å²) in [5.41, 5.74) is 19.6. The van der Waals surface area contributed by atoms with Gasteiger partial charge in [-0.15, -0.1) is 0 Å². The average Bonchev–Trinajstić information content (AvgIpc) is 3.66. The highest BCUT2D eigenvalue weighted by atomic mass is 16.3. The van der Waals surface area contributed by atoms with Crippen LogP contribution in [0.25, 0.3) is 88.7 Å². The van der Waals surface area contributed by atoms with Gasteiger partial charge in [0.05, 0.1) is 11.1 Å². The van der Waals surface area contributed by atoms with E-state index in [2.05, 4.69) is 211 Å². The number of hydrogen-bond acceptors (Lipinski definition) is 2. The van der Waals surface area contributed by atoms with Gasteiger partial charge in [-0.2, -0.15) is 0 Å². The maximum absolute atomic E-state index is 6.45. The molecule has 0 aliphatic heterocycles. The van der Waals surface area contributed by atoms with Gasteiger partial charge in [0.15, 0.2) is 0 Å². The van der Waals surface area contributed by atoms with Crippen molar-refractivity contribution in [3.8, 4) is 66.8 Å². The maximum Gasteiger partial charge on any atom is 0.137 e. The lowest BCUT2D eigenvalue weighted by Gasteiger charge is -2.29. The highest BCUT2D eigenvalue weighted by Crippen LogP contribution is 2.50. The molecule has 0 saturated carbocycles. The third kappa shape index (κ3) is 5.26. The van der Waals surface area contributed by atoms with E-state index in [1.54, 1.807) is 0 Å². The Labute approximate surface area is 326 Å². The van der Waals surface area contributed by atoms with E-state index < -0.39 is 0 Å². The van der Waals surface area contributed by atoms with Crippen molar-refractivity contribution in [2.75, 3.05) is 4.90 Å². The van der Waals surface area contributed by atoms with Crippen LogP contribution in [0.3, 0.4) is 0 Å². The van der Waals surface area contributed by atoms with E-state index in [-0.39, 0.29) is 0 Å². The van der Waals surface area contributed by atoms with Crippen molar-refractivity contribution in [1.29, 1.82) is 0 Å². The predicted molar refractivity (Wildman–Crippen MR) is 235 cm³/mol. The highest BCUT2D eigenvalue weighted by molar-refractivity contribution is 6.14. The summed E-state index contributed by atoms with van der Waals surface area (Å²) in [5.74, 6) is 0. The summed E-state index contributed by atoms with van der Waals surface area (Å²) >= 11 is 0. The number of nitrogens with zero attached hydrogens (tertiary/aromatic N) is 1. The van der Waals surface area contributed by atoms with Crippen molar-refractivity contribution in [3.05, 3.63) is 212 Å². The van der Waals surface area contributed by atoms with Gasteiger partial charge >= 0.3 is 0 Å². The van der Waals surface area contributed by atoms with Crippen molar-refractivity contribution >= 4 is 39.0 Å². The van der Waals surface area contributed by atoms with E-state index in [1.165, 1.54) is 66.8 Å². The maximum atomic E-state index is 6.45. The first-order valence-corrected chi connectivity index (χ1v) is 19.2. The van der Waals surface area contributed by atoms with Gasteiger partial charge in [-0.1, -0.05) is 170 Å². The zero-order valence-electron chi connectivity index (χ0n) is 30.6. The van der Waals surface area contributed by atoms with Crippen LogP contribution in [0.5, 0.6) is 0 Å². The first-order chi connectivity index (χ1) is 27.8. The molecule has 9 aromatic carbocycles. The van der Waals surface area contributed by atoms with Crippen molar-refractivity contribution in [2.24, 2.45) is 0 Å². The van der Waals surface area contributed by atoms with E-state index in [9.17, 15) is 0 Å². The number of furan rings is 1. The van der Waals surface area contributed by atoms with E-state index in [4.69, 9.17) is 4.42 Å². The first kappa shape index (κ1) is 32.0. The first-order valence-electron chi connectivity index (χ1n) is 19.2. The molecule has 0 saturated heterocycles. The molecule has 0 radical (unpaired) electrons. The van der Waals surface area contributed by atoms with E-state index in [1.807, 2.05) is 6.07 Å². The minimum absolute atomic E-state index is 0.867. The smallest absolute Gasteiger partial charge is 0.137 e. The Bertz CT molecular complexity index is 3060. The molecule has 0 atom stereocenters. The molecule has 0 spiro atoms. The molecular weight excluding hydrogens is 679 g/mol. The van der Waals surface area contributed by atoms with E-state index >= 15 is 0 Å². The van der Waals surface area contributed by atoms with Crippen LogP contribution in [-0.4, -0.2) is 0 Å². The second-order valence-corrected chi connectivity index (χ2v) is 14.4. The third-order valence-corrected chi connectivity index (χ3v) is 11.3. The van der Waals surface area contributed by atoms with Gasteiger partial charge in [0, 0.05) is 16.8 Å². The van der Waals surface area contributed by atoms with Crippen LogP contribution >= 0.6 is 0 Å². The molecule has 0 fully saturated rings. The largest absolute Gasteiger partial charge is 0.456 e. The molecule has 0 bridgehead atoms. The number of anilines is 3. The number of hydrogen-bond donors (Lipinski definition) is 0. The Morgan fingerprint density at radius 1 is 0.286 bits per heavy atom. The molecule has 0 N–H and O–H groups in total. The number of para-hydroxylation sites is 1. The van der Waals surface area contributed by atoms with Crippen LogP contribution in [0, 0.1) is 0 Å². The average molecular weight is 714 g/mol. The Kier molecular flexibility index (Phi) is 7.53. The molecule has 1 heterocycles. The lowest BCUT2D eigenvalue weighted by Crippen LogP contribution is -2.11. The van der Waals surface area contributed by atoms with Crippen LogP contribution < -0.4 is 4.90 Å². The summed E-state index contributed by atoms with van der Waals surface area (Å²) in [6.45, 7) is 0. The quantitative estimate of drug-likeness (QED) is 0.177. The fourth-order valence-corrected chi connectivity index (χ4v) is 8.65. The highest BCUT2D eigenvalue weighted by Gasteiger charge is 2.25. The number of fused-ring (bicyclic) bond motifs is 11. The Morgan fingerprint density at radius 3 is 1.30 bits per heavy atom. The second kappa shape index (κ2) is 13.2. The van der Waals surface area contributed by atoms with Gasteiger partial charge in [0.25, 0.3) is 0 Å². The van der Waals surface area contributed by atoms with E-state index in [0.717, 1.165) is 39.0 Å². The molecule has 2 heteroatoms. The Balaban J connectivity index is 1.11. The molecule has 11 rings (SSSR count). The molecule has 1 aliphatic rings. The second-order valence-electron chi connectivity index (χ2n) is 14.4. The summed E-state index contributed by atoms with van der Waals surface area (Å²) in [6, 6.07) is 76.6. The van der Waals surface area contributed by atoms with Crippen molar-refractivity contribution < 1.29 is 4.42 Å². The van der Waals surface area contributed by atoms with Gasteiger partial charge in [-0.25, -0.2) is 0 Å². The molecular formula is C54H35NO. The number of rotatable bonds is 5. The monoisotopic (exact) mass is 713 g/mol. The van der Waals surface area contributed by atoms with Crippen molar-refractivity contribution in [2.45, 2.75) is 0 Å². The molecule has 1 aliphatic carbocycles. The van der Waals surface area contributed by atoms with Crippen LogP contribution in [-0.2, 0) is 0 Å². The Hall–Kier alpha value is -7.42. The van der Waals surface area contributed by atoms with Gasteiger partial charge in [-0.05, 0) is 109 Å². The normalized spacial score (nSPS) is 11.6. The molecule has 262 valence electrons. The van der Waals surface area contributed by atoms with Crippen molar-refractivity contribution in [1.82, 2.24) is 0 Å². The molecule has 0 amide bonds. The summed E-state index contributed by atoms with van der Waals surface area (Å²) in [7, 11) is 0. The molecule has 2 nitrogen and oxygen atoms in total. The van der Waals surface area contributed by atoms with Gasteiger partial charge in [-0.3, -0.25) is 0 Å². The summed E-state index contributed by atoms with van der Waals surface area (Å²) < 4.78 is 6.45. The lowest BCUT2D eigenvalue weighted by atomic mass is 9.81. The minimum Gasteiger partial charge on any atom is -0.456 e. The summed E-state index contributed by atoms with van der Waals surface area (Å²) in [6.07, 6.45) is 0. The molecule has 56 heavy (non-hydrogen) atoms. The Morgan fingerprint density at radius 2 is 0.714 bits per heavy atom. The predicted octanol–water partition coefficient (Wildman–Crippen LogP) is 15.4. The van der Waals surface area contributed by atoms with Gasteiger partial charge in [0.1, 0.15) is 11.2 Å².